The van der Waals surface area contributed by atoms with Crippen molar-refractivity contribution >= 4 is 11.9 Å². The zero-order valence-electron chi connectivity index (χ0n) is 39.9. The zero-order valence-corrected chi connectivity index (χ0v) is 39.9. The number of rotatable bonds is 48. The second-order valence-electron chi connectivity index (χ2n) is 18.3. The Labute approximate surface area is 368 Å². The third kappa shape index (κ3) is 43.1. The molecule has 1 amide bonds. The predicted molar refractivity (Wildman–Crippen MR) is 255 cm³/mol. The fourth-order valence-electron chi connectivity index (χ4n) is 8.31. The number of carbonyl (C=O) groups is 2. The molecule has 3 N–H and O–H groups in total. The Morgan fingerprint density at radius 3 is 1.20 bits per heavy atom. The highest BCUT2D eigenvalue weighted by Crippen LogP contribution is 2.18. The van der Waals surface area contributed by atoms with Crippen molar-refractivity contribution in [2.45, 2.75) is 309 Å². The van der Waals surface area contributed by atoms with Crippen LogP contribution >= 0.6 is 0 Å². The van der Waals surface area contributed by atoms with Gasteiger partial charge in [-0.1, -0.05) is 238 Å². The molecule has 0 rings (SSSR count). The van der Waals surface area contributed by atoms with Crippen molar-refractivity contribution in [3.05, 3.63) is 12.2 Å². The Morgan fingerprint density at radius 1 is 0.475 bits per heavy atom. The minimum Gasteiger partial charge on any atom is -0.462 e. The van der Waals surface area contributed by atoms with Crippen LogP contribution in [0, 0.1) is 0 Å². The number of hydrogen-bond donors (Lipinski definition) is 3. The maximum absolute atomic E-state index is 13.2. The lowest BCUT2D eigenvalue weighted by Gasteiger charge is -2.24. The Hall–Kier alpha value is -1.40. The molecule has 0 bridgehead atoms. The van der Waals surface area contributed by atoms with Crippen molar-refractivity contribution in [3.8, 4) is 0 Å². The fraction of sp³-hybridized carbons (Fsp3) is 0.925. The van der Waals surface area contributed by atoms with E-state index in [0.29, 0.717) is 19.3 Å². The topological polar surface area (TPSA) is 95.9 Å². The molecule has 0 heterocycles. The van der Waals surface area contributed by atoms with Crippen LogP contribution in [0.1, 0.15) is 290 Å². The van der Waals surface area contributed by atoms with Gasteiger partial charge in [0, 0.05) is 6.42 Å². The number of aliphatic hydroxyl groups is 2. The van der Waals surface area contributed by atoms with Gasteiger partial charge >= 0.3 is 5.97 Å². The lowest BCUT2D eigenvalue weighted by molar-refractivity contribution is -0.151. The van der Waals surface area contributed by atoms with Crippen LogP contribution in [0.15, 0.2) is 12.2 Å². The molecule has 0 spiro atoms. The summed E-state index contributed by atoms with van der Waals surface area (Å²) in [5.41, 5.74) is 0. The molecule has 0 aliphatic heterocycles. The standard InChI is InChI=1S/C53H103NO5/c1-4-7-10-13-16-19-22-25-26-28-29-32-35-38-41-44-49(59-53(58)46-43-40-37-34-31-27-23-20-17-14-11-8-5-2)47-52(57)54-50(48-55)51(56)45-42-39-36-33-30-24-21-18-15-12-9-6-3/h27,31,49-51,55-56H,4-26,28-30,32-48H2,1-3H3,(H,54,57)/b31-27-. The molecule has 3 atom stereocenters. The first kappa shape index (κ1) is 57.6. The average Bonchev–Trinajstić information content (AvgIpc) is 3.23. The predicted octanol–water partition coefficient (Wildman–Crippen LogP) is 15.7. The van der Waals surface area contributed by atoms with E-state index in [0.717, 1.165) is 51.4 Å². The first-order chi connectivity index (χ1) is 29.0. The van der Waals surface area contributed by atoms with Gasteiger partial charge in [0.2, 0.25) is 5.91 Å². The third-order valence-electron chi connectivity index (χ3n) is 12.3. The molecule has 0 aliphatic carbocycles. The Kier molecular flexibility index (Phi) is 46.5. The summed E-state index contributed by atoms with van der Waals surface area (Å²) < 4.78 is 5.93. The Bertz CT molecular complexity index is 893. The first-order valence-corrected chi connectivity index (χ1v) is 26.4. The molecule has 0 aromatic carbocycles. The molecule has 0 aromatic heterocycles. The minimum absolute atomic E-state index is 0.0789. The maximum atomic E-state index is 13.2. The highest BCUT2D eigenvalue weighted by molar-refractivity contribution is 5.77. The number of unbranched alkanes of at least 4 members (excludes halogenated alkanes) is 34. The van der Waals surface area contributed by atoms with Gasteiger partial charge in [0.05, 0.1) is 25.2 Å². The van der Waals surface area contributed by atoms with Gasteiger partial charge < -0.3 is 20.3 Å². The first-order valence-electron chi connectivity index (χ1n) is 26.4. The van der Waals surface area contributed by atoms with Gasteiger partial charge in [0.15, 0.2) is 0 Å². The molecule has 0 aliphatic rings. The summed E-state index contributed by atoms with van der Waals surface area (Å²) in [6, 6.07) is -0.697. The van der Waals surface area contributed by atoms with E-state index in [1.807, 2.05) is 0 Å². The summed E-state index contributed by atoms with van der Waals surface area (Å²) in [6.45, 7) is 6.50. The molecular formula is C53H103NO5. The molecule has 0 saturated carbocycles. The summed E-state index contributed by atoms with van der Waals surface area (Å²) in [6.07, 6.45) is 52.7. The normalized spacial score (nSPS) is 13.2. The van der Waals surface area contributed by atoms with Crippen molar-refractivity contribution in [1.29, 1.82) is 0 Å². The molecule has 0 radical (unpaired) electrons. The van der Waals surface area contributed by atoms with Crippen LogP contribution < -0.4 is 5.32 Å². The highest BCUT2D eigenvalue weighted by atomic mass is 16.5. The SMILES string of the molecule is CCCCCCCC/C=C\CCCCCC(=O)OC(CCCCCCCCCCCCCCCCC)CC(=O)NC(CO)C(O)CCCCCCCCCCCCCC. The van der Waals surface area contributed by atoms with E-state index in [4.69, 9.17) is 4.74 Å². The van der Waals surface area contributed by atoms with Crippen molar-refractivity contribution in [1.82, 2.24) is 5.32 Å². The summed E-state index contributed by atoms with van der Waals surface area (Å²) in [7, 11) is 0. The quantitative estimate of drug-likeness (QED) is 0.0322. The monoisotopic (exact) mass is 834 g/mol. The van der Waals surface area contributed by atoms with Crippen LogP contribution in [0.25, 0.3) is 0 Å². The number of ether oxygens (including phenoxy) is 1. The van der Waals surface area contributed by atoms with Gasteiger partial charge in [-0.25, -0.2) is 0 Å². The third-order valence-corrected chi connectivity index (χ3v) is 12.3. The van der Waals surface area contributed by atoms with Gasteiger partial charge in [0.1, 0.15) is 6.10 Å². The van der Waals surface area contributed by atoms with E-state index in [1.165, 1.54) is 193 Å². The number of amides is 1. The molecule has 6 nitrogen and oxygen atoms in total. The molecule has 0 fully saturated rings. The van der Waals surface area contributed by atoms with Crippen LogP contribution in [0.2, 0.25) is 0 Å². The van der Waals surface area contributed by atoms with Crippen molar-refractivity contribution in [2.75, 3.05) is 6.61 Å². The van der Waals surface area contributed by atoms with E-state index in [9.17, 15) is 19.8 Å². The molecule has 350 valence electrons. The number of allylic oxidation sites excluding steroid dienone is 2. The lowest BCUT2D eigenvalue weighted by atomic mass is 10.0. The van der Waals surface area contributed by atoms with Crippen LogP contribution in [0.3, 0.4) is 0 Å². The Balaban J connectivity index is 4.56. The van der Waals surface area contributed by atoms with Crippen LogP contribution in [-0.2, 0) is 14.3 Å². The number of carbonyl (C=O) groups excluding carboxylic acids is 2. The van der Waals surface area contributed by atoms with Crippen LogP contribution in [0.5, 0.6) is 0 Å². The molecule has 0 aromatic rings. The highest BCUT2D eigenvalue weighted by Gasteiger charge is 2.24. The summed E-state index contributed by atoms with van der Waals surface area (Å²) in [5, 5.41) is 23.8. The molecule has 6 heteroatoms. The smallest absolute Gasteiger partial charge is 0.306 e. The van der Waals surface area contributed by atoms with Crippen molar-refractivity contribution < 1.29 is 24.5 Å². The maximum Gasteiger partial charge on any atom is 0.306 e. The van der Waals surface area contributed by atoms with E-state index < -0.39 is 18.2 Å². The van der Waals surface area contributed by atoms with Crippen molar-refractivity contribution in [3.63, 3.8) is 0 Å². The van der Waals surface area contributed by atoms with Crippen LogP contribution in [0.4, 0.5) is 0 Å². The number of esters is 1. The number of hydrogen-bond acceptors (Lipinski definition) is 5. The molecule has 0 saturated heterocycles. The second kappa shape index (κ2) is 47.6. The van der Waals surface area contributed by atoms with Gasteiger partial charge in [-0.2, -0.15) is 0 Å². The van der Waals surface area contributed by atoms with E-state index >= 15 is 0 Å². The van der Waals surface area contributed by atoms with E-state index in [2.05, 4.69) is 38.2 Å². The number of aliphatic hydroxyl groups excluding tert-OH is 2. The zero-order chi connectivity index (χ0) is 43.1. The van der Waals surface area contributed by atoms with E-state index in [-0.39, 0.29) is 24.9 Å². The summed E-state index contributed by atoms with van der Waals surface area (Å²) in [5.74, 6) is -0.475. The largest absolute Gasteiger partial charge is 0.462 e. The summed E-state index contributed by atoms with van der Waals surface area (Å²) in [4.78, 5) is 26.1. The second-order valence-corrected chi connectivity index (χ2v) is 18.3. The Morgan fingerprint density at radius 2 is 0.814 bits per heavy atom. The lowest BCUT2D eigenvalue weighted by Crippen LogP contribution is -2.46. The fourth-order valence-corrected chi connectivity index (χ4v) is 8.31. The molecule has 3 unspecified atom stereocenters. The van der Waals surface area contributed by atoms with Crippen LogP contribution in [-0.4, -0.2) is 46.9 Å². The van der Waals surface area contributed by atoms with E-state index in [1.54, 1.807) is 0 Å². The van der Waals surface area contributed by atoms with Gasteiger partial charge in [-0.05, 0) is 51.4 Å². The van der Waals surface area contributed by atoms with Gasteiger partial charge in [0.25, 0.3) is 0 Å². The average molecular weight is 834 g/mol. The number of nitrogens with one attached hydrogen (secondary N) is 1. The van der Waals surface area contributed by atoms with Gasteiger partial charge in [-0.15, -0.1) is 0 Å². The summed E-state index contributed by atoms with van der Waals surface area (Å²) >= 11 is 0. The van der Waals surface area contributed by atoms with Gasteiger partial charge in [-0.3, -0.25) is 9.59 Å². The molecular weight excluding hydrogens is 731 g/mol. The minimum atomic E-state index is -0.783. The molecule has 59 heavy (non-hydrogen) atoms. The van der Waals surface area contributed by atoms with Crippen molar-refractivity contribution in [2.24, 2.45) is 0 Å².